The number of carbonyl (C=O) groups is 3. The fourth-order valence-corrected chi connectivity index (χ4v) is 1.63. The predicted octanol–water partition coefficient (Wildman–Crippen LogP) is 0.932. The van der Waals surface area contributed by atoms with E-state index in [-0.39, 0.29) is 11.8 Å². The molecule has 0 aromatic heterocycles. The van der Waals surface area contributed by atoms with Crippen molar-refractivity contribution >= 4 is 17.9 Å². The van der Waals surface area contributed by atoms with Crippen molar-refractivity contribution in [2.75, 3.05) is 13.6 Å². The molecule has 0 rings (SSSR count). The second-order valence-electron chi connectivity index (χ2n) is 5.79. The summed E-state index contributed by atoms with van der Waals surface area (Å²) in [5.41, 5.74) is -0.608. The minimum absolute atomic E-state index is 0.0790. The van der Waals surface area contributed by atoms with Crippen molar-refractivity contribution in [3.8, 4) is 0 Å². The van der Waals surface area contributed by atoms with Gasteiger partial charge >= 0.3 is 6.09 Å². The molecule has 21 heavy (non-hydrogen) atoms. The maximum Gasteiger partial charge on any atom is 0.408 e. The van der Waals surface area contributed by atoms with E-state index in [0.29, 0.717) is 19.4 Å². The Labute approximate surface area is 126 Å². The van der Waals surface area contributed by atoms with Crippen molar-refractivity contribution in [1.29, 1.82) is 0 Å². The van der Waals surface area contributed by atoms with Gasteiger partial charge in [-0.15, -0.1) is 0 Å². The fourth-order valence-electron chi connectivity index (χ4n) is 1.63. The highest BCUT2D eigenvalue weighted by Crippen LogP contribution is 2.08. The molecule has 0 aliphatic rings. The van der Waals surface area contributed by atoms with Crippen LogP contribution in [0.4, 0.5) is 4.79 Å². The zero-order chi connectivity index (χ0) is 16.5. The number of amides is 3. The topological polar surface area (TPSA) is 96.5 Å². The van der Waals surface area contributed by atoms with E-state index in [2.05, 4.69) is 16.0 Å². The standard InChI is InChI=1S/C14H27N3O4/c1-10(18)16-9-7-6-8-11(12(19)15-5)17-13(20)21-14(2,3)4/h11H,6-9H2,1-5H3,(H,15,19)(H,16,18)(H,17,20)/t11-/m0/s1. The second-order valence-corrected chi connectivity index (χ2v) is 5.79. The molecule has 0 aromatic carbocycles. The van der Waals surface area contributed by atoms with Crippen LogP contribution in [0.1, 0.15) is 47.0 Å². The van der Waals surface area contributed by atoms with E-state index in [1.807, 2.05) is 0 Å². The summed E-state index contributed by atoms with van der Waals surface area (Å²) in [6, 6.07) is -0.637. The van der Waals surface area contributed by atoms with Gasteiger partial charge < -0.3 is 20.7 Å². The first-order valence-corrected chi connectivity index (χ1v) is 7.11. The summed E-state index contributed by atoms with van der Waals surface area (Å²) >= 11 is 0. The molecule has 0 aliphatic carbocycles. The van der Waals surface area contributed by atoms with E-state index in [9.17, 15) is 14.4 Å². The predicted molar refractivity (Wildman–Crippen MR) is 79.8 cm³/mol. The molecule has 3 N–H and O–H groups in total. The van der Waals surface area contributed by atoms with Crippen LogP contribution in [-0.4, -0.2) is 43.1 Å². The molecule has 0 saturated heterocycles. The highest BCUT2D eigenvalue weighted by Gasteiger charge is 2.23. The van der Waals surface area contributed by atoms with Gasteiger partial charge in [0, 0.05) is 20.5 Å². The van der Waals surface area contributed by atoms with Crippen LogP contribution < -0.4 is 16.0 Å². The monoisotopic (exact) mass is 301 g/mol. The summed E-state index contributed by atoms with van der Waals surface area (Å²) in [5.74, 6) is -0.342. The fraction of sp³-hybridized carbons (Fsp3) is 0.786. The zero-order valence-corrected chi connectivity index (χ0v) is 13.5. The van der Waals surface area contributed by atoms with Gasteiger partial charge in [0.1, 0.15) is 11.6 Å². The molecule has 3 amide bonds. The van der Waals surface area contributed by atoms with Crippen molar-refractivity contribution in [1.82, 2.24) is 16.0 Å². The molecule has 1 atom stereocenters. The van der Waals surface area contributed by atoms with Gasteiger partial charge in [-0.3, -0.25) is 9.59 Å². The van der Waals surface area contributed by atoms with Crippen LogP contribution in [0.3, 0.4) is 0 Å². The smallest absolute Gasteiger partial charge is 0.408 e. The number of carbonyl (C=O) groups excluding carboxylic acids is 3. The number of unbranched alkanes of at least 4 members (excludes halogenated alkanes) is 1. The summed E-state index contributed by atoms with van der Waals surface area (Å²) < 4.78 is 5.13. The second kappa shape index (κ2) is 9.20. The van der Waals surface area contributed by atoms with Crippen molar-refractivity contribution < 1.29 is 19.1 Å². The first kappa shape index (κ1) is 19.2. The van der Waals surface area contributed by atoms with Crippen molar-refractivity contribution in [2.45, 2.75) is 58.6 Å². The molecule has 0 heterocycles. The van der Waals surface area contributed by atoms with Crippen LogP contribution in [0, 0.1) is 0 Å². The Hall–Kier alpha value is -1.79. The van der Waals surface area contributed by atoms with Gasteiger partial charge in [-0.25, -0.2) is 4.79 Å². The Morgan fingerprint density at radius 1 is 1.14 bits per heavy atom. The lowest BCUT2D eigenvalue weighted by atomic mass is 10.1. The van der Waals surface area contributed by atoms with E-state index < -0.39 is 17.7 Å². The molecule has 0 spiro atoms. The van der Waals surface area contributed by atoms with Crippen LogP contribution in [0.25, 0.3) is 0 Å². The first-order chi connectivity index (χ1) is 9.65. The lowest BCUT2D eigenvalue weighted by Gasteiger charge is -2.23. The van der Waals surface area contributed by atoms with E-state index >= 15 is 0 Å². The summed E-state index contributed by atoms with van der Waals surface area (Å²) in [4.78, 5) is 34.2. The number of ether oxygens (including phenoxy) is 1. The van der Waals surface area contributed by atoms with Gasteiger partial charge in [-0.2, -0.15) is 0 Å². The third kappa shape index (κ3) is 10.6. The van der Waals surface area contributed by atoms with Gasteiger partial charge in [0.25, 0.3) is 0 Å². The van der Waals surface area contributed by atoms with Gasteiger partial charge in [-0.1, -0.05) is 0 Å². The molecular formula is C14H27N3O4. The normalized spacial score (nSPS) is 12.2. The molecule has 0 bridgehead atoms. The van der Waals surface area contributed by atoms with Gasteiger partial charge in [0.2, 0.25) is 11.8 Å². The quantitative estimate of drug-likeness (QED) is 0.609. The summed E-state index contributed by atoms with van der Waals surface area (Å²) in [7, 11) is 1.52. The molecule has 7 heteroatoms. The van der Waals surface area contributed by atoms with Crippen LogP contribution in [0.5, 0.6) is 0 Å². The number of nitrogens with one attached hydrogen (secondary N) is 3. The van der Waals surface area contributed by atoms with Crippen molar-refractivity contribution in [3.63, 3.8) is 0 Å². The Morgan fingerprint density at radius 2 is 1.76 bits per heavy atom. The largest absolute Gasteiger partial charge is 0.444 e. The molecule has 0 radical (unpaired) electrons. The third-order valence-electron chi connectivity index (χ3n) is 2.55. The van der Waals surface area contributed by atoms with Crippen LogP contribution in [0.2, 0.25) is 0 Å². The molecule has 0 aliphatic heterocycles. The van der Waals surface area contributed by atoms with Crippen molar-refractivity contribution in [2.24, 2.45) is 0 Å². The summed E-state index contributed by atoms with van der Waals surface area (Å²) in [6.07, 6.45) is 1.31. The van der Waals surface area contributed by atoms with Gasteiger partial charge in [-0.05, 0) is 40.0 Å². The molecule has 0 aromatic rings. The molecule has 0 unspecified atom stereocenters. The van der Waals surface area contributed by atoms with Crippen molar-refractivity contribution in [3.05, 3.63) is 0 Å². The Balaban J connectivity index is 4.24. The van der Waals surface area contributed by atoms with E-state index in [4.69, 9.17) is 4.74 Å². The Bertz CT molecular complexity index is 364. The van der Waals surface area contributed by atoms with Crippen LogP contribution in [0.15, 0.2) is 0 Å². The SMILES string of the molecule is CNC(=O)[C@H](CCCCNC(C)=O)NC(=O)OC(C)(C)C. The van der Waals surface area contributed by atoms with Gasteiger partial charge in [0.15, 0.2) is 0 Å². The van der Waals surface area contributed by atoms with Crippen LogP contribution in [-0.2, 0) is 14.3 Å². The Morgan fingerprint density at radius 3 is 2.24 bits per heavy atom. The lowest BCUT2D eigenvalue weighted by molar-refractivity contribution is -0.123. The Kier molecular flexibility index (Phi) is 8.42. The van der Waals surface area contributed by atoms with E-state index in [1.54, 1.807) is 20.8 Å². The van der Waals surface area contributed by atoms with E-state index in [1.165, 1.54) is 14.0 Å². The number of alkyl carbamates (subject to hydrolysis) is 1. The minimum atomic E-state index is -0.637. The summed E-state index contributed by atoms with van der Waals surface area (Å²) in [5, 5.41) is 7.76. The lowest BCUT2D eigenvalue weighted by Crippen LogP contribution is -2.47. The number of hydrogen-bond donors (Lipinski definition) is 3. The maximum atomic E-state index is 11.7. The summed E-state index contributed by atoms with van der Waals surface area (Å²) in [6.45, 7) is 7.29. The third-order valence-corrected chi connectivity index (χ3v) is 2.55. The molecule has 7 nitrogen and oxygen atoms in total. The highest BCUT2D eigenvalue weighted by molar-refractivity contribution is 5.85. The molecule has 0 fully saturated rings. The number of rotatable bonds is 7. The van der Waals surface area contributed by atoms with Gasteiger partial charge in [0.05, 0.1) is 0 Å². The average molecular weight is 301 g/mol. The first-order valence-electron chi connectivity index (χ1n) is 7.11. The maximum absolute atomic E-state index is 11.7. The minimum Gasteiger partial charge on any atom is -0.444 e. The highest BCUT2D eigenvalue weighted by atomic mass is 16.6. The zero-order valence-electron chi connectivity index (χ0n) is 13.5. The van der Waals surface area contributed by atoms with Crippen LogP contribution >= 0.6 is 0 Å². The molecule has 0 saturated carbocycles. The molecule has 122 valence electrons. The molecular weight excluding hydrogens is 274 g/mol. The number of hydrogen-bond acceptors (Lipinski definition) is 4. The average Bonchev–Trinajstić information content (AvgIpc) is 2.33. The van der Waals surface area contributed by atoms with E-state index in [0.717, 1.165) is 6.42 Å². The number of likely N-dealkylation sites (N-methyl/N-ethyl adjacent to an activating group) is 1.